The van der Waals surface area contributed by atoms with E-state index in [-0.39, 0.29) is 30.6 Å². The molecule has 3 rings (SSSR count). The van der Waals surface area contributed by atoms with Crippen molar-refractivity contribution in [3.63, 3.8) is 0 Å². The van der Waals surface area contributed by atoms with Gasteiger partial charge in [-0.2, -0.15) is 0 Å². The molecule has 0 saturated carbocycles. The number of Topliss-reactive ketones (excluding diaryl/α,β-unsaturated/α-hetero) is 1. The molecule has 0 aliphatic carbocycles. The van der Waals surface area contributed by atoms with Crippen LogP contribution in [0.1, 0.15) is 36.0 Å². The molecule has 1 aliphatic rings. The Morgan fingerprint density at radius 3 is 2.19 bits per heavy atom. The number of amides is 3. The van der Waals surface area contributed by atoms with Crippen LogP contribution in [0.15, 0.2) is 54.6 Å². The minimum Gasteiger partial charge on any atom is -0.326 e. The molecule has 6 nitrogen and oxygen atoms in total. The largest absolute Gasteiger partial charge is 0.326 e. The zero-order valence-electron chi connectivity index (χ0n) is 15.1. The number of nitrogens with zero attached hydrogens (tertiary/aromatic N) is 1. The summed E-state index contributed by atoms with van der Waals surface area (Å²) in [6, 6.07) is 15.8. The lowest BCUT2D eigenvalue weighted by Gasteiger charge is -2.16. The van der Waals surface area contributed by atoms with Gasteiger partial charge < -0.3 is 15.5 Å². The van der Waals surface area contributed by atoms with Gasteiger partial charge in [-0.25, -0.2) is 4.79 Å². The first-order valence-electron chi connectivity index (χ1n) is 9.16. The quantitative estimate of drug-likeness (QED) is 0.762. The fourth-order valence-corrected chi connectivity index (χ4v) is 3.02. The number of rotatable bonds is 6. The molecule has 0 atom stereocenters. The average Bonchev–Trinajstić information content (AvgIpc) is 3.22. The molecule has 1 saturated heterocycles. The van der Waals surface area contributed by atoms with Crippen LogP contribution in [0.5, 0.6) is 0 Å². The van der Waals surface area contributed by atoms with Crippen LogP contribution in [-0.4, -0.2) is 35.7 Å². The number of nitrogens with one attached hydrogen (secondary N) is 2. The number of hydrogen-bond acceptors (Lipinski definition) is 3. The molecular weight excluding hydrogens is 342 g/mol. The lowest BCUT2D eigenvalue weighted by atomic mass is 10.1. The molecule has 1 aliphatic heterocycles. The summed E-state index contributed by atoms with van der Waals surface area (Å²) in [6.07, 6.45) is 2.33. The van der Waals surface area contributed by atoms with Crippen molar-refractivity contribution in [3.05, 3.63) is 60.2 Å². The van der Waals surface area contributed by atoms with E-state index in [0.717, 1.165) is 25.9 Å². The number of carbonyl (C=O) groups is 3. The van der Waals surface area contributed by atoms with Gasteiger partial charge in [0, 0.05) is 42.9 Å². The highest BCUT2D eigenvalue weighted by Gasteiger charge is 2.17. The molecule has 0 radical (unpaired) electrons. The predicted octanol–water partition coefficient (Wildman–Crippen LogP) is 3.92. The van der Waals surface area contributed by atoms with Crippen LogP contribution in [0.4, 0.5) is 16.2 Å². The Morgan fingerprint density at radius 1 is 0.815 bits per heavy atom. The van der Waals surface area contributed by atoms with E-state index < -0.39 is 0 Å². The lowest BCUT2D eigenvalue weighted by molar-refractivity contribution is -0.116. The highest BCUT2D eigenvalue weighted by atomic mass is 16.2. The van der Waals surface area contributed by atoms with Gasteiger partial charge >= 0.3 is 6.03 Å². The van der Waals surface area contributed by atoms with Crippen LogP contribution in [0.2, 0.25) is 0 Å². The van der Waals surface area contributed by atoms with Crippen molar-refractivity contribution < 1.29 is 14.4 Å². The predicted molar refractivity (Wildman–Crippen MR) is 105 cm³/mol. The monoisotopic (exact) mass is 365 g/mol. The van der Waals surface area contributed by atoms with E-state index in [2.05, 4.69) is 10.6 Å². The van der Waals surface area contributed by atoms with Crippen LogP contribution in [-0.2, 0) is 4.79 Å². The maximum Gasteiger partial charge on any atom is 0.321 e. The second-order valence-electron chi connectivity index (χ2n) is 6.54. The SMILES string of the molecule is O=C(CCC(=O)c1ccccc1)Nc1cccc(NC(=O)N2CCCC2)c1. The molecular formula is C21H23N3O3. The molecule has 2 aromatic rings. The fraction of sp³-hybridized carbons (Fsp3) is 0.286. The molecule has 3 amide bonds. The van der Waals surface area contributed by atoms with E-state index in [9.17, 15) is 14.4 Å². The van der Waals surface area contributed by atoms with E-state index in [0.29, 0.717) is 16.9 Å². The molecule has 140 valence electrons. The summed E-state index contributed by atoms with van der Waals surface area (Å²) in [6.45, 7) is 1.55. The third-order valence-electron chi connectivity index (χ3n) is 4.47. The lowest BCUT2D eigenvalue weighted by Crippen LogP contribution is -2.32. The second kappa shape index (κ2) is 8.98. The van der Waals surface area contributed by atoms with E-state index in [1.165, 1.54) is 0 Å². The Kier molecular flexibility index (Phi) is 6.20. The number of ketones is 1. The van der Waals surface area contributed by atoms with Gasteiger partial charge in [0.2, 0.25) is 5.91 Å². The van der Waals surface area contributed by atoms with Crippen LogP contribution in [0.25, 0.3) is 0 Å². The van der Waals surface area contributed by atoms with Crippen LogP contribution >= 0.6 is 0 Å². The van der Waals surface area contributed by atoms with E-state index in [4.69, 9.17) is 0 Å². The zero-order valence-corrected chi connectivity index (χ0v) is 15.1. The Balaban J connectivity index is 1.50. The van der Waals surface area contributed by atoms with Crippen molar-refractivity contribution in [2.24, 2.45) is 0 Å². The first kappa shape index (κ1) is 18.6. The molecule has 0 bridgehead atoms. The summed E-state index contributed by atoms with van der Waals surface area (Å²) in [5.41, 5.74) is 1.83. The third-order valence-corrected chi connectivity index (χ3v) is 4.47. The summed E-state index contributed by atoms with van der Waals surface area (Å²) in [5, 5.41) is 5.63. The number of benzene rings is 2. The van der Waals surface area contributed by atoms with E-state index >= 15 is 0 Å². The molecule has 1 heterocycles. The summed E-state index contributed by atoms with van der Waals surface area (Å²) < 4.78 is 0. The number of hydrogen-bond donors (Lipinski definition) is 2. The summed E-state index contributed by atoms with van der Waals surface area (Å²) >= 11 is 0. The third kappa shape index (κ3) is 5.41. The highest BCUT2D eigenvalue weighted by Crippen LogP contribution is 2.17. The first-order valence-corrected chi connectivity index (χ1v) is 9.16. The molecule has 0 spiro atoms. The van der Waals surface area contributed by atoms with Gasteiger partial charge in [0.25, 0.3) is 0 Å². The number of likely N-dealkylation sites (tertiary alicyclic amines) is 1. The van der Waals surface area contributed by atoms with Crippen LogP contribution in [0.3, 0.4) is 0 Å². The van der Waals surface area contributed by atoms with Gasteiger partial charge in [0.1, 0.15) is 0 Å². The maximum absolute atomic E-state index is 12.2. The topological polar surface area (TPSA) is 78.5 Å². The van der Waals surface area contributed by atoms with E-state index in [1.54, 1.807) is 53.4 Å². The number of urea groups is 1. The molecule has 2 N–H and O–H groups in total. The minimum atomic E-state index is -0.234. The van der Waals surface area contributed by atoms with Crippen molar-refractivity contribution in [3.8, 4) is 0 Å². The zero-order chi connectivity index (χ0) is 19.1. The van der Waals surface area contributed by atoms with Gasteiger partial charge in [-0.15, -0.1) is 0 Å². The average molecular weight is 365 g/mol. The molecule has 0 aromatic heterocycles. The Morgan fingerprint density at radius 2 is 1.48 bits per heavy atom. The van der Waals surface area contributed by atoms with Gasteiger partial charge in [0.05, 0.1) is 0 Å². The van der Waals surface area contributed by atoms with Gasteiger partial charge in [0.15, 0.2) is 5.78 Å². The van der Waals surface area contributed by atoms with Crippen LogP contribution in [0, 0.1) is 0 Å². The number of anilines is 2. The van der Waals surface area contributed by atoms with Crippen molar-refractivity contribution in [2.75, 3.05) is 23.7 Å². The van der Waals surface area contributed by atoms with Gasteiger partial charge in [-0.3, -0.25) is 9.59 Å². The standard InChI is InChI=1S/C21H23N3O3/c25-19(16-7-2-1-3-8-16)11-12-20(26)22-17-9-6-10-18(15-17)23-21(27)24-13-4-5-14-24/h1-3,6-10,15H,4-5,11-14H2,(H,22,26)(H,23,27). The summed E-state index contributed by atoms with van der Waals surface area (Å²) in [4.78, 5) is 38.1. The Hall–Kier alpha value is -3.15. The fourth-order valence-electron chi connectivity index (χ4n) is 3.02. The highest BCUT2D eigenvalue weighted by molar-refractivity contribution is 6.00. The minimum absolute atomic E-state index is 0.0580. The van der Waals surface area contributed by atoms with Crippen molar-refractivity contribution >= 4 is 29.1 Å². The smallest absolute Gasteiger partial charge is 0.321 e. The molecule has 1 fully saturated rings. The Labute approximate surface area is 158 Å². The molecule has 2 aromatic carbocycles. The van der Waals surface area contributed by atoms with Crippen molar-refractivity contribution in [1.29, 1.82) is 0 Å². The summed E-state index contributed by atoms with van der Waals surface area (Å²) in [7, 11) is 0. The van der Waals surface area contributed by atoms with Crippen molar-refractivity contribution in [2.45, 2.75) is 25.7 Å². The summed E-state index contributed by atoms with van der Waals surface area (Å²) in [5.74, 6) is -0.292. The number of carbonyl (C=O) groups excluding carboxylic acids is 3. The Bertz CT molecular complexity index is 814. The van der Waals surface area contributed by atoms with E-state index in [1.807, 2.05) is 6.07 Å². The molecule has 6 heteroatoms. The van der Waals surface area contributed by atoms with Crippen molar-refractivity contribution in [1.82, 2.24) is 4.90 Å². The normalized spacial score (nSPS) is 13.3. The molecule has 0 unspecified atom stereocenters. The van der Waals surface area contributed by atoms with Gasteiger partial charge in [-0.1, -0.05) is 36.4 Å². The first-order chi connectivity index (χ1) is 13.1. The maximum atomic E-state index is 12.2. The molecule has 27 heavy (non-hydrogen) atoms. The second-order valence-corrected chi connectivity index (χ2v) is 6.54. The van der Waals surface area contributed by atoms with Crippen LogP contribution < -0.4 is 10.6 Å². The van der Waals surface area contributed by atoms with Gasteiger partial charge in [-0.05, 0) is 31.0 Å².